The van der Waals surface area contributed by atoms with E-state index in [-0.39, 0.29) is 29.7 Å². The number of carbonyl (C=O) groups excluding carboxylic acids is 1. The van der Waals surface area contributed by atoms with Gasteiger partial charge in [-0.1, -0.05) is 6.92 Å². The third-order valence-corrected chi connectivity index (χ3v) is 4.43. The van der Waals surface area contributed by atoms with E-state index in [0.717, 1.165) is 4.68 Å². The van der Waals surface area contributed by atoms with Gasteiger partial charge in [0, 0.05) is 25.2 Å². The molecule has 2 rings (SSSR count). The van der Waals surface area contributed by atoms with Gasteiger partial charge in [-0.25, -0.2) is 9.78 Å². The molecule has 2 heterocycles. The number of rotatable bonds is 2. The lowest BCUT2D eigenvalue weighted by atomic mass is 10.1. The van der Waals surface area contributed by atoms with Crippen molar-refractivity contribution in [2.45, 2.75) is 65.6 Å². The highest BCUT2D eigenvalue weighted by Crippen LogP contribution is 2.25. The molecule has 146 valence electrons. The quantitative estimate of drug-likeness (QED) is 0.747. The van der Waals surface area contributed by atoms with Gasteiger partial charge in [0.1, 0.15) is 11.3 Å². The summed E-state index contributed by atoms with van der Waals surface area (Å²) < 4.78 is 6.36. The average molecular weight is 366 g/mol. The third kappa shape index (κ3) is 3.86. The molecule has 1 amide bonds. The first kappa shape index (κ1) is 19.9. The zero-order valence-corrected chi connectivity index (χ0v) is 16.4. The molecule has 0 bridgehead atoms. The van der Waals surface area contributed by atoms with E-state index in [0.29, 0.717) is 30.9 Å². The predicted octanol–water partition coefficient (Wildman–Crippen LogP) is 0.936. The average Bonchev–Trinajstić information content (AvgIpc) is 2.52. The molecule has 0 spiro atoms. The van der Waals surface area contributed by atoms with Crippen LogP contribution in [0.5, 0.6) is 0 Å². The molecule has 1 saturated heterocycles. The number of amides is 1. The number of carbonyl (C=O) groups is 1. The van der Waals surface area contributed by atoms with Crippen LogP contribution in [0.15, 0.2) is 4.79 Å². The molecule has 0 saturated carbocycles. The summed E-state index contributed by atoms with van der Waals surface area (Å²) in [5, 5.41) is 0. The third-order valence-electron chi connectivity index (χ3n) is 4.43. The van der Waals surface area contributed by atoms with Crippen LogP contribution in [0.4, 0.5) is 16.4 Å². The number of piperazine rings is 1. The Morgan fingerprint density at radius 2 is 1.88 bits per heavy atom. The van der Waals surface area contributed by atoms with E-state index in [9.17, 15) is 9.59 Å². The first-order valence-corrected chi connectivity index (χ1v) is 8.89. The Morgan fingerprint density at radius 3 is 2.42 bits per heavy atom. The molecule has 4 N–H and O–H groups in total. The molecular weight excluding hydrogens is 336 g/mol. The molecule has 0 aliphatic carbocycles. The fraction of sp³-hybridized carbons (Fsp3) is 0.706. The Kier molecular flexibility index (Phi) is 5.39. The number of hydrogen-bond acceptors (Lipinski definition) is 7. The van der Waals surface area contributed by atoms with Crippen molar-refractivity contribution in [3.63, 3.8) is 0 Å². The first-order valence-electron chi connectivity index (χ1n) is 8.89. The topological polar surface area (TPSA) is 120 Å². The molecule has 9 nitrogen and oxygen atoms in total. The minimum absolute atomic E-state index is 0.0105. The van der Waals surface area contributed by atoms with Crippen LogP contribution in [0.2, 0.25) is 0 Å². The van der Waals surface area contributed by atoms with Crippen LogP contribution < -0.4 is 22.0 Å². The summed E-state index contributed by atoms with van der Waals surface area (Å²) in [7, 11) is 0. The summed E-state index contributed by atoms with van der Waals surface area (Å²) >= 11 is 0. The zero-order chi connectivity index (χ0) is 19.8. The molecule has 9 heteroatoms. The van der Waals surface area contributed by atoms with Gasteiger partial charge in [0.15, 0.2) is 0 Å². The Hall–Kier alpha value is -2.45. The van der Waals surface area contributed by atoms with E-state index in [1.54, 1.807) is 4.90 Å². The monoisotopic (exact) mass is 366 g/mol. The van der Waals surface area contributed by atoms with Crippen LogP contribution in [0, 0.1) is 0 Å². The van der Waals surface area contributed by atoms with Gasteiger partial charge in [0.25, 0.3) is 5.56 Å². The summed E-state index contributed by atoms with van der Waals surface area (Å²) in [6.07, 6.45) is 0.210. The summed E-state index contributed by atoms with van der Waals surface area (Å²) in [6.45, 7) is 12.2. The lowest BCUT2D eigenvalue weighted by Crippen LogP contribution is -2.60. The number of anilines is 2. The van der Waals surface area contributed by atoms with Crippen LogP contribution >= 0.6 is 0 Å². The Bertz CT molecular complexity index is 739. The molecule has 0 radical (unpaired) electrons. The summed E-state index contributed by atoms with van der Waals surface area (Å²) in [5.74, 6) is 5.73. The van der Waals surface area contributed by atoms with E-state index in [1.807, 2.05) is 46.4 Å². The van der Waals surface area contributed by atoms with Crippen molar-refractivity contribution in [3.05, 3.63) is 16.0 Å². The number of aromatic nitrogens is 2. The maximum Gasteiger partial charge on any atom is 0.410 e. The van der Waals surface area contributed by atoms with Crippen LogP contribution in [0.3, 0.4) is 0 Å². The van der Waals surface area contributed by atoms with Crippen molar-refractivity contribution >= 4 is 17.7 Å². The Balaban J connectivity index is 2.32. The van der Waals surface area contributed by atoms with Crippen LogP contribution in [-0.4, -0.2) is 51.4 Å². The van der Waals surface area contributed by atoms with Crippen LogP contribution in [-0.2, 0) is 11.2 Å². The predicted molar refractivity (Wildman–Crippen MR) is 102 cm³/mol. The molecule has 1 aromatic rings. The van der Waals surface area contributed by atoms with Crippen molar-refractivity contribution in [1.29, 1.82) is 0 Å². The lowest BCUT2D eigenvalue weighted by molar-refractivity contribution is 0.0130. The summed E-state index contributed by atoms with van der Waals surface area (Å²) in [6, 6.07) is -0.226. The normalized spacial score (nSPS) is 21.0. The first-order chi connectivity index (χ1) is 12.0. The molecule has 1 aliphatic heterocycles. The molecule has 2 atom stereocenters. The van der Waals surface area contributed by atoms with Crippen molar-refractivity contribution in [1.82, 2.24) is 14.6 Å². The molecule has 1 aliphatic rings. The zero-order valence-electron chi connectivity index (χ0n) is 16.4. The van der Waals surface area contributed by atoms with Gasteiger partial charge in [-0.05, 0) is 41.0 Å². The summed E-state index contributed by atoms with van der Waals surface area (Å²) in [4.78, 5) is 33.1. The van der Waals surface area contributed by atoms with Gasteiger partial charge in [-0.3, -0.25) is 4.79 Å². The molecule has 1 fully saturated rings. The van der Waals surface area contributed by atoms with Gasteiger partial charge >= 0.3 is 6.09 Å². The minimum Gasteiger partial charge on any atom is -0.444 e. The summed E-state index contributed by atoms with van der Waals surface area (Å²) in [5.41, 5.74) is 5.85. The minimum atomic E-state index is -0.555. The lowest BCUT2D eigenvalue weighted by Gasteiger charge is -2.45. The van der Waals surface area contributed by atoms with Gasteiger partial charge in [-0.15, -0.1) is 0 Å². The Labute approximate surface area is 153 Å². The van der Waals surface area contributed by atoms with E-state index in [1.165, 1.54) is 0 Å². The Morgan fingerprint density at radius 1 is 1.27 bits per heavy atom. The molecule has 0 aromatic carbocycles. The van der Waals surface area contributed by atoms with E-state index < -0.39 is 5.60 Å². The fourth-order valence-corrected chi connectivity index (χ4v) is 3.13. The van der Waals surface area contributed by atoms with Crippen LogP contribution in [0.1, 0.15) is 47.2 Å². The number of nitrogens with zero attached hydrogens (tertiary/aromatic N) is 4. The van der Waals surface area contributed by atoms with Crippen molar-refractivity contribution < 1.29 is 9.53 Å². The standard InChI is InChI=1S/C17H30N6O3/c1-7-12-13(14(24)23(19)15(18)20-12)21-8-11(3)22(9-10(21)2)16(25)26-17(4,5)6/h10-11H,7-9,19H2,1-6H3,(H2,18,20)/t10-,11+/m0/s1. The largest absolute Gasteiger partial charge is 0.444 e. The van der Waals surface area contributed by atoms with Crippen molar-refractivity contribution in [3.8, 4) is 0 Å². The molecule has 1 aromatic heterocycles. The maximum absolute atomic E-state index is 12.7. The van der Waals surface area contributed by atoms with Gasteiger partial charge in [-0.2, -0.15) is 4.68 Å². The second-order valence-electron chi connectivity index (χ2n) is 7.78. The highest BCUT2D eigenvalue weighted by molar-refractivity contribution is 5.69. The molecule has 0 unspecified atom stereocenters. The number of ether oxygens (including phenoxy) is 1. The van der Waals surface area contributed by atoms with Crippen molar-refractivity contribution in [2.75, 3.05) is 29.6 Å². The van der Waals surface area contributed by atoms with E-state index in [4.69, 9.17) is 16.3 Å². The maximum atomic E-state index is 12.7. The second kappa shape index (κ2) is 7.05. The van der Waals surface area contributed by atoms with Gasteiger partial charge in [0.05, 0.1) is 5.69 Å². The number of nitrogens with two attached hydrogens (primary N) is 2. The number of hydrogen-bond donors (Lipinski definition) is 2. The second-order valence-corrected chi connectivity index (χ2v) is 7.78. The van der Waals surface area contributed by atoms with E-state index >= 15 is 0 Å². The van der Waals surface area contributed by atoms with Gasteiger partial charge < -0.3 is 26.1 Å². The van der Waals surface area contributed by atoms with Crippen molar-refractivity contribution in [2.24, 2.45) is 0 Å². The number of nitrogen functional groups attached to an aromatic ring is 2. The molecule has 26 heavy (non-hydrogen) atoms. The highest BCUT2D eigenvalue weighted by Gasteiger charge is 2.36. The van der Waals surface area contributed by atoms with Crippen LogP contribution in [0.25, 0.3) is 0 Å². The highest BCUT2D eigenvalue weighted by atomic mass is 16.6. The SMILES string of the molecule is CCc1nc(N)n(N)c(=O)c1N1C[C@@H](C)N(C(=O)OC(C)(C)C)C[C@@H]1C. The van der Waals surface area contributed by atoms with E-state index in [2.05, 4.69) is 4.98 Å². The fourth-order valence-electron chi connectivity index (χ4n) is 3.13. The number of aryl methyl sites for hydroxylation is 1. The van der Waals surface area contributed by atoms with Gasteiger partial charge in [0.2, 0.25) is 5.95 Å². The molecular formula is C17H30N6O3. The smallest absolute Gasteiger partial charge is 0.410 e.